The lowest BCUT2D eigenvalue weighted by Crippen LogP contribution is -2.53. The van der Waals surface area contributed by atoms with Crippen LogP contribution in [0, 0.1) is 0 Å². The van der Waals surface area contributed by atoms with Gasteiger partial charge in [-0.25, -0.2) is 0 Å². The predicted molar refractivity (Wildman–Crippen MR) is 76.7 cm³/mol. The normalized spacial score (nSPS) is 22.9. The van der Waals surface area contributed by atoms with E-state index in [2.05, 4.69) is 48.5 Å². The zero-order valence-corrected chi connectivity index (χ0v) is 11.5. The molecule has 100 valence electrons. The van der Waals surface area contributed by atoms with Gasteiger partial charge in [-0.2, -0.15) is 0 Å². The lowest BCUT2D eigenvalue weighted by molar-refractivity contribution is 0.174. The summed E-state index contributed by atoms with van der Waals surface area (Å²) in [5.41, 5.74) is 9.05. The Morgan fingerprint density at radius 1 is 1.39 bits per heavy atom. The lowest BCUT2D eigenvalue weighted by Gasteiger charge is -2.37. The van der Waals surface area contributed by atoms with Crippen LogP contribution in [-0.4, -0.2) is 37.6 Å². The molecule has 0 aromatic heterocycles. The smallest absolute Gasteiger partial charge is 0.0465 e. The topological polar surface area (TPSA) is 41.3 Å². The second kappa shape index (κ2) is 6.32. The number of likely N-dealkylation sites (N-methyl/N-ethyl adjacent to an activating group) is 1. The highest BCUT2D eigenvalue weighted by Gasteiger charge is 2.25. The van der Waals surface area contributed by atoms with Gasteiger partial charge in [-0.15, -0.1) is 0 Å². The molecule has 1 heterocycles. The molecule has 2 atom stereocenters. The Balaban J connectivity index is 2.05. The van der Waals surface area contributed by atoms with E-state index < -0.39 is 0 Å². The number of hydrogen-bond donors (Lipinski definition) is 2. The molecule has 1 saturated heterocycles. The molecule has 2 unspecified atom stereocenters. The van der Waals surface area contributed by atoms with Gasteiger partial charge in [-0.05, 0) is 24.6 Å². The van der Waals surface area contributed by atoms with Gasteiger partial charge in [0.15, 0.2) is 0 Å². The highest BCUT2D eigenvalue weighted by atomic mass is 15.2. The summed E-state index contributed by atoms with van der Waals surface area (Å²) < 4.78 is 0. The van der Waals surface area contributed by atoms with Crippen molar-refractivity contribution >= 4 is 0 Å². The van der Waals surface area contributed by atoms with Crippen LogP contribution in [0.5, 0.6) is 0 Å². The third-order valence-corrected chi connectivity index (χ3v) is 3.88. The molecule has 0 saturated carbocycles. The van der Waals surface area contributed by atoms with Crippen LogP contribution in [0.25, 0.3) is 0 Å². The summed E-state index contributed by atoms with van der Waals surface area (Å²) in [6.07, 6.45) is 2.35. The summed E-state index contributed by atoms with van der Waals surface area (Å²) in [5, 5.41) is 3.43. The van der Waals surface area contributed by atoms with Gasteiger partial charge in [-0.1, -0.05) is 37.6 Å². The molecule has 0 amide bonds. The first-order valence-corrected chi connectivity index (χ1v) is 6.97. The van der Waals surface area contributed by atoms with Crippen LogP contribution in [0.1, 0.15) is 30.5 Å². The van der Waals surface area contributed by atoms with Crippen molar-refractivity contribution in [1.82, 2.24) is 10.2 Å². The minimum Gasteiger partial charge on any atom is -0.323 e. The van der Waals surface area contributed by atoms with E-state index in [1.807, 2.05) is 0 Å². The van der Waals surface area contributed by atoms with E-state index in [0.29, 0.717) is 6.04 Å². The average molecular weight is 247 g/mol. The zero-order chi connectivity index (χ0) is 13.0. The fraction of sp³-hybridized carbons (Fsp3) is 0.600. The largest absolute Gasteiger partial charge is 0.323 e. The van der Waals surface area contributed by atoms with Gasteiger partial charge in [0.25, 0.3) is 0 Å². The van der Waals surface area contributed by atoms with Crippen molar-refractivity contribution in [3.8, 4) is 0 Å². The summed E-state index contributed by atoms with van der Waals surface area (Å²) >= 11 is 0. The predicted octanol–water partition coefficient (Wildman–Crippen LogP) is 1.54. The van der Waals surface area contributed by atoms with Crippen molar-refractivity contribution in [3.63, 3.8) is 0 Å². The third-order valence-electron chi connectivity index (χ3n) is 3.88. The van der Waals surface area contributed by atoms with Gasteiger partial charge in [0.05, 0.1) is 0 Å². The number of nitrogens with zero attached hydrogens (tertiary/aromatic N) is 1. The molecule has 3 heteroatoms. The maximum Gasteiger partial charge on any atom is 0.0465 e. The summed E-state index contributed by atoms with van der Waals surface area (Å²) in [6, 6.07) is 9.31. The maximum absolute atomic E-state index is 6.40. The van der Waals surface area contributed by atoms with Crippen LogP contribution in [-0.2, 0) is 6.42 Å². The van der Waals surface area contributed by atoms with E-state index in [9.17, 15) is 0 Å². The number of nitrogens with one attached hydrogen (secondary N) is 1. The zero-order valence-electron chi connectivity index (χ0n) is 11.5. The van der Waals surface area contributed by atoms with Crippen LogP contribution in [0.2, 0.25) is 0 Å². The Kier molecular flexibility index (Phi) is 4.75. The van der Waals surface area contributed by atoms with E-state index in [4.69, 9.17) is 5.73 Å². The third kappa shape index (κ3) is 3.10. The fourth-order valence-corrected chi connectivity index (χ4v) is 2.65. The van der Waals surface area contributed by atoms with Crippen molar-refractivity contribution in [3.05, 3.63) is 35.4 Å². The molecule has 18 heavy (non-hydrogen) atoms. The number of rotatable bonds is 4. The van der Waals surface area contributed by atoms with Crippen LogP contribution >= 0.6 is 0 Å². The Morgan fingerprint density at radius 2 is 2.11 bits per heavy atom. The summed E-state index contributed by atoms with van der Waals surface area (Å²) in [7, 11) is 2.16. The molecule has 3 nitrogen and oxygen atoms in total. The van der Waals surface area contributed by atoms with E-state index in [1.54, 1.807) is 0 Å². The molecular weight excluding hydrogens is 222 g/mol. The second-order valence-corrected chi connectivity index (χ2v) is 5.27. The Bertz CT molecular complexity index is 361. The van der Waals surface area contributed by atoms with E-state index in [-0.39, 0.29) is 6.04 Å². The number of piperazine rings is 1. The number of aryl methyl sites for hydroxylation is 1. The molecule has 1 aliphatic heterocycles. The van der Waals surface area contributed by atoms with Crippen LogP contribution < -0.4 is 11.1 Å². The van der Waals surface area contributed by atoms with Gasteiger partial charge in [0.1, 0.15) is 0 Å². The summed E-state index contributed by atoms with van der Waals surface area (Å²) in [5.74, 6) is 0. The first-order valence-electron chi connectivity index (χ1n) is 6.97. The number of benzene rings is 1. The Labute approximate surface area is 110 Å². The molecule has 0 spiro atoms. The minimum atomic E-state index is 0.0958. The van der Waals surface area contributed by atoms with E-state index in [1.165, 1.54) is 17.5 Å². The molecule has 0 radical (unpaired) electrons. The quantitative estimate of drug-likeness (QED) is 0.848. The molecule has 0 bridgehead atoms. The molecule has 1 aromatic rings. The van der Waals surface area contributed by atoms with Crippen molar-refractivity contribution in [2.75, 3.05) is 26.7 Å². The van der Waals surface area contributed by atoms with Gasteiger partial charge in [-0.3, -0.25) is 4.90 Å². The number of hydrogen-bond acceptors (Lipinski definition) is 3. The molecule has 1 aliphatic rings. The average Bonchev–Trinajstić information content (AvgIpc) is 2.40. The van der Waals surface area contributed by atoms with Crippen molar-refractivity contribution in [2.45, 2.75) is 31.8 Å². The van der Waals surface area contributed by atoms with Gasteiger partial charge >= 0.3 is 0 Å². The fourth-order valence-electron chi connectivity index (χ4n) is 2.65. The maximum atomic E-state index is 6.40. The van der Waals surface area contributed by atoms with Crippen LogP contribution in [0.3, 0.4) is 0 Å². The van der Waals surface area contributed by atoms with E-state index in [0.717, 1.165) is 26.1 Å². The minimum absolute atomic E-state index is 0.0958. The van der Waals surface area contributed by atoms with Crippen LogP contribution in [0.4, 0.5) is 0 Å². The standard InChI is InChI=1S/C15H25N3/c1-3-4-12-5-7-13(8-6-12)15(16)14-11-17-9-10-18(14)2/h5-8,14-15,17H,3-4,9-11,16H2,1-2H3. The summed E-state index contributed by atoms with van der Waals surface area (Å²) in [6.45, 7) is 5.33. The molecule has 1 fully saturated rings. The molecule has 3 N–H and O–H groups in total. The van der Waals surface area contributed by atoms with Crippen molar-refractivity contribution in [2.24, 2.45) is 5.73 Å². The first kappa shape index (κ1) is 13.5. The molecular formula is C15H25N3. The first-order chi connectivity index (χ1) is 8.72. The molecule has 2 rings (SSSR count). The SMILES string of the molecule is CCCc1ccc(C(N)C2CNCCN2C)cc1. The Hall–Kier alpha value is -0.900. The molecule has 0 aliphatic carbocycles. The van der Waals surface area contributed by atoms with Crippen LogP contribution in [0.15, 0.2) is 24.3 Å². The highest BCUT2D eigenvalue weighted by Crippen LogP contribution is 2.20. The van der Waals surface area contributed by atoms with Crippen molar-refractivity contribution in [1.29, 1.82) is 0 Å². The summed E-state index contributed by atoms with van der Waals surface area (Å²) in [4.78, 5) is 2.36. The van der Waals surface area contributed by atoms with E-state index >= 15 is 0 Å². The number of nitrogens with two attached hydrogens (primary N) is 1. The lowest BCUT2D eigenvalue weighted by atomic mass is 9.96. The highest BCUT2D eigenvalue weighted by molar-refractivity contribution is 5.26. The van der Waals surface area contributed by atoms with Gasteiger partial charge < -0.3 is 11.1 Å². The van der Waals surface area contributed by atoms with Crippen molar-refractivity contribution < 1.29 is 0 Å². The monoisotopic (exact) mass is 247 g/mol. The van der Waals surface area contributed by atoms with Gasteiger partial charge in [0, 0.05) is 31.7 Å². The second-order valence-electron chi connectivity index (χ2n) is 5.27. The molecule has 1 aromatic carbocycles. The Morgan fingerprint density at radius 3 is 2.72 bits per heavy atom. The van der Waals surface area contributed by atoms with Gasteiger partial charge in [0.2, 0.25) is 0 Å².